The zero-order valence-electron chi connectivity index (χ0n) is 9.07. The van der Waals surface area contributed by atoms with Crippen LogP contribution in [0.4, 0.5) is 0 Å². The molecule has 0 fully saturated rings. The molecule has 2 rings (SSSR count). The molecular weight excluding hydrogens is 206 g/mol. The summed E-state index contributed by atoms with van der Waals surface area (Å²) in [7, 11) is 0. The van der Waals surface area contributed by atoms with Gasteiger partial charge in [-0.25, -0.2) is 4.98 Å². The van der Waals surface area contributed by atoms with Gasteiger partial charge in [0, 0.05) is 11.0 Å². The summed E-state index contributed by atoms with van der Waals surface area (Å²) >= 11 is 1.66. The van der Waals surface area contributed by atoms with Crippen LogP contribution in [-0.2, 0) is 5.41 Å². The van der Waals surface area contributed by atoms with E-state index in [0.29, 0.717) is 5.56 Å². The molecule has 0 N–H and O–H groups in total. The molecule has 2 aromatic rings. The molecule has 0 atom stereocenters. The number of carbonyl (C=O) groups excluding carboxylic acids is 1. The summed E-state index contributed by atoms with van der Waals surface area (Å²) in [5, 5.41) is 1.08. The maximum Gasteiger partial charge on any atom is 0.152 e. The predicted octanol–water partition coefficient (Wildman–Crippen LogP) is 3.41. The van der Waals surface area contributed by atoms with E-state index >= 15 is 0 Å². The van der Waals surface area contributed by atoms with Crippen LogP contribution in [0.15, 0.2) is 18.2 Å². The van der Waals surface area contributed by atoms with Gasteiger partial charge < -0.3 is 0 Å². The van der Waals surface area contributed by atoms with E-state index < -0.39 is 0 Å². The van der Waals surface area contributed by atoms with Gasteiger partial charge in [-0.05, 0) is 12.1 Å². The molecule has 0 aliphatic carbocycles. The van der Waals surface area contributed by atoms with Crippen molar-refractivity contribution >= 4 is 27.8 Å². The van der Waals surface area contributed by atoms with Crippen molar-refractivity contribution < 1.29 is 4.79 Å². The Bertz CT molecular complexity index is 508. The van der Waals surface area contributed by atoms with Gasteiger partial charge in [0.1, 0.15) is 0 Å². The Morgan fingerprint density at radius 1 is 1.33 bits per heavy atom. The molecule has 0 saturated carbocycles. The van der Waals surface area contributed by atoms with E-state index in [2.05, 4.69) is 25.8 Å². The van der Waals surface area contributed by atoms with Gasteiger partial charge in [0.25, 0.3) is 0 Å². The van der Waals surface area contributed by atoms with Crippen LogP contribution in [0.25, 0.3) is 10.2 Å². The normalized spacial score (nSPS) is 11.9. The number of para-hydroxylation sites is 1. The molecule has 1 heterocycles. The van der Waals surface area contributed by atoms with Crippen LogP contribution < -0.4 is 0 Å². The fraction of sp³-hybridized carbons (Fsp3) is 0.333. The molecule has 1 aromatic carbocycles. The van der Waals surface area contributed by atoms with Crippen molar-refractivity contribution in [1.82, 2.24) is 4.98 Å². The van der Waals surface area contributed by atoms with Gasteiger partial charge in [0.15, 0.2) is 6.29 Å². The van der Waals surface area contributed by atoms with Gasteiger partial charge in [-0.15, -0.1) is 11.3 Å². The lowest BCUT2D eigenvalue weighted by molar-refractivity contribution is 0.112. The van der Waals surface area contributed by atoms with Gasteiger partial charge in [0.05, 0.1) is 15.2 Å². The molecule has 78 valence electrons. The highest BCUT2D eigenvalue weighted by atomic mass is 32.1. The van der Waals surface area contributed by atoms with Gasteiger partial charge in [-0.3, -0.25) is 4.79 Å². The zero-order chi connectivity index (χ0) is 11.1. The standard InChI is InChI=1S/C12H13NOS/c1-12(2,3)11-13-10-8(7-14)5-4-6-9(10)15-11/h4-7H,1-3H3. The van der Waals surface area contributed by atoms with Crippen molar-refractivity contribution in [2.45, 2.75) is 26.2 Å². The number of aromatic nitrogens is 1. The van der Waals surface area contributed by atoms with E-state index in [1.165, 1.54) is 0 Å². The molecule has 3 heteroatoms. The summed E-state index contributed by atoms with van der Waals surface area (Å²) in [6.07, 6.45) is 0.870. The van der Waals surface area contributed by atoms with Gasteiger partial charge >= 0.3 is 0 Å². The molecule has 0 unspecified atom stereocenters. The van der Waals surface area contributed by atoms with E-state index in [1.807, 2.05) is 18.2 Å². The average Bonchev–Trinajstić information content (AvgIpc) is 2.59. The molecule has 0 radical (unpaired) electrons. The number of benzene rings is 1. The highest BCUT2D eigenvalue weighted by molar-refractivity contribution is 7.18. The van der Waals surface area contributed by atoms with Crippen molar-refractivity contribution in [2.24, 2.45) is 0 Å². The molecule has 15 heavy (non-hydrogen) atoms. The summed E-state index contributed by atoms with van der Waals surface area (Å²) in [5.41, 5.74) is 1.56. The number of thiazole rings is 1. The van der Waals surface area contributed by atoms with E-state index in [0.717, 1.165) is 21.5 Å². The molecule has 1 aromatic heterocycles. The minimum atomic E-state index is 0.0455. The van der Waals surface area contributed by atoms with Crippen LogP contribution in [-0.4, -0.2) is 11.3 Å². The quantitative estimate of drug-likeness (QED) is 0.688. The monoisotopic (exact) mass is 219 g/mol. The molecule has 0 amide bonds. The molecule has 0 spiro atoms. The number of rotatable bonds is 1. The van der Waals surface area contributed by atoms with Crippen LogP contribution >= 0.6 is 11.3 Å². The second-order valence-electron chi connectivity index (χ2n) is 4.58. The maximum atomic E-state index is 10.8. The van der Waals surface area contributed by atoms with E-state index in [4.69, 9.17) is 0 Å². The summed E-state index contributed by atoms with van der Waals surface area (Å²) in [5.74, 6) is 0. The lowest BCUT2D eigenvalue weighted by Crippen LogP contribution is -2.09. The Hall–Kier alpha value is -1.22. The van der Waals surface area contributed by atoms with Crippen molar-refractivity contribution in [3.05, 3.63) is 28.8 Å². The van der Waals surface area contributed by atoms with Gasteiger partial charge in [-0.2, -0.15) is 0 Å². The summed E-state index contributed by atoms with van der Waals surface area (Å²) in [6.45, 7) is 6.39. The van der Waals surface area contributed by atoms with Gasteiger partial charge in [0.2, 0.25) is 0 Å². The second-order valence-corrected chi connectivity index (χ2v) is 5.61. The third-order valence-electron chi connectivity index (χ3n) is 2.22. The summed E-state index contributed by atoms with van der Waals surface area (Å²) in [6, 6.07) is 5.72. The number of nitrogens with zero attached hydrogens (tertiary/aromatic N) is 1. The van der Waals surface area contributed by atoms with E-state index in [-0.39, 0.29) is 5.41 Å². The zero-order valence-corrected chi connectivity index (χ0v) is 9.89. The van der Waals surface area contributed by atoms with Gasteiger partial charge in [-0.1, -0.05) is 26.8 Å². The largest absolute Gasteiger partial charge is 0.298 e. The Labute approximate surface area is 93.0 Å². The lowest BCUT2D eigenvalue weighted by Gasteiger charge is -2.13. The highest BCUT2D eigenvalue weighted by Crippen LogP contribution is 2.31. The Balaban J connectivity index is 2.70. The SMILES string of the molecule is CC(C)(C)c1nc2c(C=O)cccc2s1. The minimum absolute atomic E-state index is 0.0455. The van der Waals surface area contributed by atoms with Crippen molar-refractivity contribution in [3.8, 4) is 0 Å². The minimum Gasteiger partial charge on any atom is -0.298 e. The number of fused-ring (bicyclic) bond motifs is 1. The average molecular weight is 219 g/mol. The molecule has 0 aliphatic heterocycles. The van der Waals surface area contributed by atoms with E-state index in [9.17, 15) is 4.79 Å². The Morgan fingerprint density at radius 3 is 2.67 bits per heavy atom. The van der Waals surface area contributed by atoms with Crippen molar-refractivity contribution in [2.75, 3.05) is 0 Å². The Morgan fingerprint density at radius 2 is 2.07 bits per heavy atom. The van der Waals surface area contributed by atoms with Crippen molar-refractivity contribution in [3.63, 3.8) is 0 Å². The van der Waals surface area contributed by atoms with Crippen LogP contribution in [0.1, 0.15) is 36.1 Å². The summed E-state index contributed by atoms with van der Waals surface area (Å²) in [4.78, 5) is 15.4. The smallest absolute Gasteiger partial charge is 0.152 e. The lowest BCUT2D eigenvalue weighted by atomic mass is 9.98. The van der Waals surface area contributed by atoms with E-state index in [1.54, 1.807) is 11.3 Å². The molecule has 0 aliphatic rings. The van der Waals surface area contributed by atoms with Crippen molar-refractivity contribution in [1.29, 1.82) is 0 Å². The van der Waals surface area contributed by atoms with Crippen LogP contribution in [0, 0.1) is 0 Å². The first kappa shape index (κ1) is 10.3. The molecule has 2 nitrogen and oxygen atoms in total. The topological polar surface area (TPSA) is 30.0 Å². The number of carbonyl (C=O) groups is 1. The first-order chi connectivity index (χ1) is 7.02. The molecule has 0 saturated heterocycles. The third kappa shape index (κ3) is 1.79. The first-order valence-corrected chi connectivity index (χ1v) is 5.69. The maximum absolute atomic E-state index is 10.8. The number of hydrogen-bond donors (Lipinski definition) is 0. The predicted molar refractivity (Wildman–Crippen MR) is 63.7 cm³/mol. The molecular formula is C12H13NOS. The second kappa shape index (κ2) is 3.42. The third-order valence-corrected chi connectivity index (χ3v) is 3.67. The number of aldehydes is 1. The highest BCUT2D eigenvalue weighted by Gasteiger charge is 2.19. The number of hydrogen-bond acceptors (Lipinski definition) is 3. The molecule has 0 bridgehead atoms. The van der Waals surface area contributed by atoms with Crippen LogP contribution in [0.5, 0.6) is 0 Å². The summed E-state index contributed by atoms with van der Waals surface area (Å²) < 4.78 is 1.09. The fourth-order valence-electron chi connectivity index (χ4n) is 1.39. The first-order valence-electron chi connectivity index (χ1n) is 4.87. The Kier molecular flexibility index (Phi) is 2.35. The fourth-order valence-corrected chi connectivity index (χ4v) is 2.44. The van der Waals surface area contributed by atoms with Crippen LogP contribution in [0.3, 0.4) is 0 Å². The van der Waals surface area contributed by atoms with Crippen LogP contribution in [0.2, 0.25) is 0 Å².